The number of anilines is 2. The Hall–Kier alpha value is -3.02. The van der Waals surface area contributed by atoms with Gasteiger partial charge < -0.3 is 19.9 Å². The SMILES string of the molecule is CCOC(=O)c1ccc(N2CCN(C(=O)Nc3ccc(C)cc3C)CC2)cc1. The zero-order chi connectivity index (χ0) is 20.1. The normalized spacial score (nSPS) is 14.0. The van der Waals surface area contributed by atoms with Gasteiger partial charge in [-0.3, -0.25) is 0 Å². The number of ether oxygens (including phenoxy) is 1. The van der Waals surface area contributed by atoms with Crippen LogP contribution in [-0.4, -0.2) is 49.7 Å². The number of piperazine rings is 1. The van der Waals surface area contributed by atoms with Crippen molar-refractivity contribution < 1.29 is 14.3 Å². The lowest BCUT2D eigenvalue weighted by atomic mass is 10.1. The number of nitrogens with one attached hydrogen (secondary N) is 1. The van der Waals surface area contributed by atoms with Gasteiger partial charge in [0.1, 0.15) is 0 Å². The zero-order valence-corrected chi connectivity index (χ0v) is 16.7. The molecule has 0 aromatic heterocycles. The van der Waals surface area contributed by atoms with Crippen LogP contribution in [0.2, 0.25) is 0 Å². The lowest BCUT2D eigenvalue weighted by Gasteiger charge is -2.36. The Bertz CT molecular complexity index is 841. The number of urea groups is 1. The quantitative estimate of drug-likeness (QED) is 0.818. The van der Waals surface area contributed by atoms with E-state index in [1.807, 2.05) is 43.0 Å². The maximum Gasteiger partial charge on any atom is 0.338 e. The van der Waals surface area contributed by atoms with Gasteiger partial charge >= 0.3 is 12.0 Å². The number of hydrogen-bond acceptors (Lipinski definition) is 4. The Labute approximate surface area is 166 Å². The van der Waals surface area contributed by atoms with E-state index in [1.165, 1.54) is 5.56 Å². The highest BCUT2D eigenvalue weighted by molar-refractivity contribution is 5.91. The Kier molecular flexibility index (Phi) is 6.19. The van der Waals surface area contributed by atoms with E-state index in [1.54, 1.807) is 19.1 Å². The second-order valence-corrected chi connectivity index (χ2v) is 6.99. The lowest BCUT2D eigenvalue weighted by molar-refractivity contribution is 0.0526. The molecule has 0 aliphatic carbocycles. The van der Waals surface area contributed by atoms with E-state index >= 15 is 0 Å². The minimum Gasteiger partial charge on any atom is -0.462 e. The molecule has 1 aliphatic heterocycles. The molecule has 1 fully saturated rings. The van der Waals surface area contributed by atoms with Crippen LogP contribution in [0, 0.1) is 13.8 Å². The monoisotopic (exact) mass is 381 g/mol. The maximum atomic E-state index is 12.6. The smallest absolute Gasteiger partial charge is 0.338 e. The molecule has 0 unspecified atom stereocenters. The Morgan fingerprint density at radius 2 is 1.68 bits per heavy atom. The maximum absolute atomic E-state index is 12.6. The van der Waals surface area contributed by atoms with Crippen LogP contribution < -0.4 is 10.2 Å². The molecule has 6 nitrogen and oxygen atoms in total. The zero-order valence-electron chi connectivity index (χ0n) is 16.7. The minimum atomic E-state index is -0.304. The van der Waals surface area contributed by atoms with Crippen LogP contribution >= 0.6 is 0 Å². The van der Waals surface area contributed by atoms with E-state index in [-0.39, 0.29) is 12.0 Å². The third-order valence-electron chi connectivity index (χ3n) is 4.93. The second kappa shape index (κ2) is 8.78. The van der Waals surface area contributed by atoms with Gasteiger partial charge in [-0.2, -0.15) is 0 Å². The largest absolute Gasteiger partial charge is 0.462 e. The molecule has 0 saturated carbocycles. The summed E-state index contributed by atoms with van der Waals surface area (Å²) < 4.78 is 5.01. The summed E-state index contributed by atoms with van der Waals surface area (Å²) in [5, 5.41) is 3.01. The van der Waals surface area contributed by atoms with Crippen LogP contribution in [0.25, 0.3) is 0 Å². The van der Waals surface area contributed by atoms with Gasteiger partial charge in [-0.25, -0.2) is 9.59 Å². The number of aryl methyl sites for hydroxylation is 2. The summed E-state index contributed by atoms with van der Waals surface area (Å²) in [6, 6.07) is 13.4. The van der Waals surface area contributed by atoms with Crippen molar-refractivity contribution in [1.82, 2.24) is 4.90 Å². The number of nitrogens with zero attached hydrogens (tertiary/aromatic N) is 2. The number of carbonyl (C=O) groups is 2. The van der Waals surface area contributed by atoms with Gasteiger partial charge in [0.25, 0.3) is 0 Å². The third kappa shape index (κ3) is 4.63. The van der Waals surface area contributed by atoms with Crippen molar-refractivity contribution in [2.45, 2.75) is 20.8 Å². The van der Waals surface area contributed by atoms with Crippen LogP contribution in [0.4, 0.5) is 16.2 Å². The number of benzene rings is 2. The lowest BCUT2D eigenvalue weighted by Crippen LogP contribution is -2.50. The highest BCUT2D eigenvalue weighted by Gasteiger charge is 2.22. The van der Waals surface area contributed by atoms with Crippen LogP contribution in [0.1, 0.15) is 28.4 Å². The van der Waals surface area contributed by atoms with Gasteiger partial charge in [0.15, 0.2) is 0 Å². The molecule has 148 valence electrons. The molecule has 28 heavy (non-hydrogen) atoms. The number of amides is 2. The van der Waals surface area contributed by atoms with Crippen LogP contribution in [0.15, 0.2) is 42.5 Å². The van der Waals surface area contributed by atoms with Crippen LogP contribution in [-0.2, 0) is 4.74 Å². The van der Waals surface area contributed by atoms with E-state index in [0.29, 0.717) is 25.3 Å². The fraction of sp³-hybridized carbons (Fsp3) is 0.364. The minimum absolute atomic E-state index is 0.0655. The molecule has 1 aliphatic rings. The molecule has 3 rings (SSSR count). The highest BCUT2D eigenvalue weighted by atomic mass is 16.5. The van der Waals surface area contributed by atoms with Crippen molar-refractivity contribution >= 4 is 23.4 Å². The molecule has 0 spiro atoms. The summed E-state index contributed by atoms with van der Waals surface area (Å²) in [4.78, 5) is 28.4. The average molecular weight is 381 g/mol. The second-order valence-electron chi connectivity index (χ2n) is 6.99. The van der Waals surface area contributed by atoms with Crippen molar-refractivity contribution in [1.29, 1.82) is 0 Å². The fourth-order valence-corrected chi connectivity index (χ4v) is 3.34. The molecule has 2 aromatic carbocycles. The van der Waals surface area contributed by atoms with Gasteiger partial charge in [-0.05, 0) is 56.7 Å². The molecule has 0 radical (unpaired) electrons. The van der Waals surface area contributed by atoms with Crippen LogP contribution in [0.3, 0.4) is 0 Å². The number of carbonyl (C=O) groups excluding carboxylic acids is 2. The standard InChI is InChI=1S/C22H27N3O3/c1-4-28-21(26)18-6-8-19(9-7-18)24-11-13-25(14-12-24)22(27)23-20-10-5-16(2)15-17(20)3/h5-10,15H,4,11-14H2,1-3H3,(H,23,27). The van der Waals surface area contributed by atoms with E-state index in [0.717, 1.165) is 30.0 Å². The van der Waals surface area contributed by atoms with E-state index in [2.05, 4.69) is 16.3 Å². The Morgan fingerprint density at radius 3 is 2.29 bits per heavy atom. The predicted molar refractivity (Wildman–Crippen MR) is 111 cm³/mol. The Morgan fingerprint density at radius 1 is 1.00 bits per heavy atom. The first kappa shape index (κ1) is 19.7. The molecule has 1 heterocycles. The van der Waals surface area contributed by atoms with E-state index in [9.17, 15) is 9.59 Å². The first-order valence-corrected chi connectivity index (χ1v) is 9.63. The molecule has 6 heteroatoms. The molecule has 1 N–H and O–H groups in total. The van der Waals surface area contributed by atoms with Gasteiger partial charge in [-0.15, -0.1) is 0 Å². The molecular weight excluding hydrogens is 354 g/mol. The molecule has 0 bridgehead atoms. The molecule has 2 amide bonds. The summed E-state index contributed by atoms with van der Waals surface area (Å²) in [5.74, 6) is -0.304. The van der Waals surface area contributed by atoms with Gasteiger partial charge in [0, 0.05) is 37.6 Å². The summed E-state index contributed by atoms with van der Waals surface area (Å²) in [7, 11) is 0. The van der Waals surface area contributed by atoms with Crippen molar-refractivity contribution in [2.75, 3.05) is 43.0 Å². The summed E-state index contributed by atoms with van der Waals surface area (Å²) in [5.41, 5.74) is 4.69. The number of hydrogen-bond donors (Lipinski definition) is 1. The molecular formula is C22H27N3O3. The van der Waals surface area contributed by atoms with Crippen molar-refractivity contribution in [3.05, 3.63) is 59.2 Å². The van der Waals surface area contributed by atoms with Crippen molar-refractivity contribution in [3.8, 4) is 0 Å². The van der Waals surface area contributed by atoms with Crippen molar-refractivity contribution in [2.24, 2.45) is 0 Å². The summed E-state index contributed by atoms with van der Waals surface area (Å²) in [6.07, 6.45) is 0. The van der Waals surface area contributed by atoms with E-state index < -0.39 is 0 Å². The topological polar surface area (TPSA) is 61.9 Å². The highest BCUT2D eigenvalue weighted by Crippen LogP contribution is 2.20. The summed E-state index contributed by atoms with van der Waals surface area (Å²) in [6.45, 7) is 9.00. The van der Waals surface area contributed by atoms with E-state index in [4.69, 9.17) is 4.74 Å². The predicted octanol–water partition coefficient (Wildman–Crippen LogP) is 3.83. The van der Waals surface area contributed by atoms with Gasteiger partial charge in [0.05, 0.1) is 12.2 Å². The summed E-state index contributed by atoms with van der Waals surface area (Å²) >= 11 is 0. The van der Waals surface area contributed by atoms with Gasteiger partial charge in [0.2, 0.25) is 0 Å². The fourth-order valence-electron chi connectivity index (χ4n) is 3.34. The van der Waals surface area contributed by atoms with Gasteiger partial charge in [-0.1, -0.05) is 17.7 Å². The number of rotatable bonds is 4. The Balaban J connectivity index is 1.55. The number of esters is 1. The molecule has 0 atom stereocenters. The first-order valence-electron chi connectivity index (χ1n) is 9.63. The first-order chi connectivity index (χ1) is 13.5. The molecule has 1 saturated heterocycles. The van der Waals surface area contributed by atoms with Crippen molar-refractivity contribution in [3.63, 3.8) is 0 Å². The third-order valence-corrected chi connectivity index (χ3v) is 4.93. The average Bonchev–Trinajstić information content (AvgIpc) is 2.70. The molecule has 2 aromatic rings. The van der Waals surface area contributed by atoms with Crippen LogP contribution in [0.5, 0.6) is 0 Å².